The van der Waals surface area contributed by atoms with E-state index in [0.29, 0.717) is 35.7 Å². The van der Waals surface area contributed by atoms with Gasteiger partial charge in [0, 0.05) is 17.9 Å². The minimum Gasteiger partial charge on any atom is -0.464 e. The van der Waals surface area contributed by atoms with Gasteiger partial charge >= 0.3 is 5.97 Å². The summed E-state index contributed by atoms with van der Waals surface area (Å²) >= 11 is 0. The summed E-state index contributed by atoms with van der Waals surface area (Å²) in [6.45, 7) is 0.576. The molecule has 1 aliphatic heterocycles. The van der Waals surface area contributed by atoms with E-state index in [0.717, 1.165) is 6.42 Å². The fourth-order valence-corrected chi connectivity index (χ4v) is 3.30. The molecule has 0 aliphatic carbocycles. The van der Waals surface area contributed by atoms with Gasteiger partial charge in [-0.25, -0.2) is 9.48 Å². The Balaban J connectivity index is 1.50. The Morgan fingerprint density at radius 3 is 2.75 bits per heavy atom. The number of hydrogen-bond donors (Lipinski definition) is 2. The van der Waals surface area contributed by atoms with Gasteiger partial charge in [0.1, 0.15) is 6.10 Å². The van der Waals surface area contributed by atoms with Crippen LogP contribution in [-0.4, -0.2) is 52.6 Å². The number of ether oxygens (including phenoxy) is 2. The number of amides is 2. The van der Waals surface area contributed by atoms with E-state index in [-0.39, 0.29) is 17.5 Å². The molecule has 0 radical (unpaired) electrons. The lowest BCUT2D eigenvalue weighted by Gasteiger charge is -2.13. The number of nitrogens with one attached hydrogen (secondary N) is 2. The van der Waals surface area contributed by atoms with Crippen LogP contribution in [0, 0.1) is 0 Å². The smallest absolute Gasteiger partial charge is 0.360 e. The molecule has 164 valence electrons. The van der Waals surface area contributed by atoms with Crippen molar-refractivity contribution in [3.8, 4) is 5.69 Å². The normalized spacial score (nSPS) is 15.2. The Morgan fingerprint density at radius 2 is 1.97 bits per heavy atom. The minimum atomic E-state index is -0.611. The monoisotopic (exact) mass is 435 g/mol. The van der Waals surface area contributed by atoms with Crippen molar-refractivity contribution < 1.29 is 23.9 Å². The molecule has 1 aromatic heterocycles. The fourth-order valence-electron chi connectivity index (χ4n) is 3.30. The molecule has 1 fully saturated rings. The number of para-hydroxylation sites is 2. The highest BCUT2D eigenvalue weighted by molar-refractivity contribution is 6.06. The second-order valence-corrected chi connectivity index (χ2v) is 7.08. The lowest BCUT2D eigenvalue weighted by Crippen LogP contribution is -2.27. The molecule has 3 aromatic rings. The van der Waals surface area contributed by atoms with E-state index in [4.69, 9.17) is 4.74 Å². The van der Waals surface area contributed by atoms with Gasteiger partial charge in [-0.05, 0) is 43.2 Å². The van der Waals surface area contributed by atoms with Crippen molar-refractivity contribution >= 4 is 29.2 Å². The number of rotatable bonds is 6. The molecule has 2 amide bonds. The molecule has 2 heterocycles. The lowest BCUT2D eigenvalue weighted by atomic mass is 10.1. The third-order valence-corrected chi connectivity index (χ3v) is 4.90. The summed E-state index contributed by atoms with van der Waals surface area (Å²) in [4.78, 5) is 36.8. The van der Waals surface area contributed by atoms with E-state index in [9.17, 15) is 14.4 Å². The Morgan fingerprint density at radius 1 is 1.12 bits per heavy atom. The third-order valence-electron chi connectivity index (χ3n) is 4.90. The van der Waals surface area contributed by atoms with E-state index in [1.807, 2.05) is 0 Å². The van der Waals surface area contributed by atoms with E-state index in [1.54, 1.807) is 48.5 Å². The van der Waals surface area contributed by atoms with Crippen LogP contribution in [0.5, 0.6) is 0 Å². The number of anilines is 2. The highest BCUT2D eigenvalue weighted by atomic mass is 16.5. The van der Waals surface area contributed by atoms with E-state index in [2.05, 4.69) is 25.7 Å². The fraction of sp³-hybridized carbons (Fsp3) is 0.227. The van der Waals surface area contributed by atoms with E-state index < -0.39 is 12.1 Å². The van der Waals surface area contributed by atoms with Crippen molar-refractivity contribution in [2.75, 3.05) is 24.4 Å². The number of methoxy groups -OCH3 is 1. The molecule has 4 rings (SSSR count). The average molecular weight is 435 g/mol. The van der Waals surface area contributed by atoms with E-state index in [1.165, 1.54) is 18.0 Å². The molecule has 32 heavy (non-hydrogen) atoms. The van der Waals surface area contributed by atoms with Gasteiger partial charge in [0.05, 0.1) is 24.7 Å². The first-order valence-electron chi connectivity index (χ1n) is 9.99. The Bertz CT molecular complexity index is 1150. The summed E-state index contributed by atoms with van der Waals surface area (Å²) in [5, 5.41) is 13.3. The summed E-state index contributed by atoms with van der Waals surface area (Å²) in [5.74, 6) is -1.21. The van der Waals surface area contributed by atoms with Crippen LogP contribution in [-0.2, 0) is 14.3 Å². The van der Waals surface area contributed by atoms with Crippen LogP contribution in [0.2, 0.25) is 0 Å². The summed E-state index contributed by atoms with van der Waals surface area (Å²) in [5.41, 5.74) is 1.89. The van der Waals surface area contributed by atoms with Crippen LogP contribution in [0.4, 0.5) is 11.4 Å². The number of aromatic nitrogens is 3. The molecule has 0 bridgehead atoms. The second kappa shape index (κ2) is 9.40. The summed E-state index contributed by atoms with van der Waals surface area (Å²) in [7, 11) is 1.26. The van der Waals surface area contributed by atoms with E-state index >= 15 is 0 Å². The Hall–Kier alpha value is -4.05. The zero-order valence-electron chi connectivity index (χ0n) is 17.3. The van der Waals surface area contributed by atoms with Crippen molar-refractivity contribution in [3.05, 3.63) is 66.0 Å². The van der Waals surface area contributed by atoms with Crippen molar-refractivity contribution in [3.63, 3.8) is 0 Å². The summed E-state index contributed by atoms with van der Waals surface area (Å²) in [6, 6.07) is 13.6. The number of nitrogens with zero attached hydrogens (tertiary/aromatic N) is 3. The molecule has 1 atom stereocenters. The van der Waals surface area contributed by atoms with Gasteiger partial charge in [0.15, 0.2) is 5.69 Å². The zero-order chi connectivity index (χ0) is 22.5. The van der Waals surface area contributed by atoms with Crippen molar-refractivity contribution in [2.45, 2.75) is 18.9 Å². The summed E-state index contributed by atoms with van der Waals surface area (Å²) < 4.78 is 11.4. The predicted octanol–water partition coefficient (Wildman–Crippen LogP) is 2.42. The minimum absolute atomic E-state index is 0.0447. The van der Waals surface area contributed by atoms with Gasteiger partial charge in [-0.3, -0.25) is 9.59 Å². The largest absolute Gasteiger partial charge is 0.464 e. The Kier molecular flexibility index (Phi) is 6.22. The molecule has 2 N–H and O–H groups in total. The first kappa shape index (κ1) is 21.2. The molecule has 1 saturated heterocycles. The SMILES string of the molecule is COC(=O)c1cn(-c2ccccc2NC(=O)c2cccc(NC(=O)[C@H]3CCCO3)c2)nn1. The average Bonchev–Trinajstić information content (AvgIpc) is 3.52. The molecule has 10 heteroatoms. The zero-order valence-corrected chi connectivity index (χ0v) is 17.3. The molecule has 1 aliphatic rings. The second-order valence-electron chi connectivity index (χ2n) is 7.08. The van der Waals surface area contributed by atoms with Crippen LogP contribution < -0.4 is 10.6 Å². The Labute approximate surface area is 183 Å². The predicted molar refractivity (Wildman–Crippen MR) is 115 cm³/mol. The van der Waals surface area contributed by atoms with Gasteiger partial charge in [-0.1, -0.05) is 23.4 Å². The molecular formula is C22H21N5O5. The molecule has 0 spiro atoms. The van der Waals surface area contributed by atoms with Crippen molar-refractivity contribution in [1.82, 2.24) is 15.0 Å². The highest BCUT2D eigenvalue weighted by Crippen LogP contribution is 2.21. The number of hydrogen-bond acceptors (Lipinski definition) is 7. The van der Waals surface area contributed by atoms with Gasteiger partial charge in [-0.15, -0.1) is 5.10 Å². The third kappa shape index (κ3) is 4.65. The number of benzene rings is 2. The van der Waals surface area contributed by atoms with Gasteiger partial charge in [-0.2, -0.15) is 0 Å². The van der Waals surface area contributed by atoms with Crippen molar-refractivity contribution in [2.24, 2.45) is 0 Å². The number of carbonyl (C=O) groups excluding carboxylic acids is 3. The molecule has 2 aromatic carbocycles. The lowest BCUT2D eigenvalue weighted by molar-refractivity contribution is -0.124. The molecule has 0 saturated carbocycles. The maximum absolute atomic E-state index is 12.9. The maximum atomic E-state index is 12.9. The van der Waals surface area contributed by atoms with Crippen LogP contribution in [0.1, 0.15) is 33.7 Å². The molecule has 10 nitrogen and oxygen atoms in total. The molecule has 0 unspecified atom stereocenters. The van der Waals surface area contributed by atoms with Crippen LogP contribution in [0.25, 0.3) is 5.69 Å². The quantitative estimate of drug-likeness (QED) is 0.570. The van der Waals surface area contributed by atoms with Crippen LogP contribution >= 0.6 is 0 Å². The topological polar surface area (TPSA) is 124 Å². The van der Waals surface area contributed by atoms with Crippen LogP contribution in [0.3, 0.4) is 0 Å². The van der Waals surface area contributed by atoms with Gasteiger partial charge in [0.25, 0.3) is 11.8 Å². The van der Waals surface area contributed by atoms with Crippen LogP contribution in [0.15, 0.2) is 54.7 Å². The van der Waals surface area contributed by atoms with Crippen molar-refractivity contribution in [1.29, 1.82) is 0 Å². The highest BCUT2D eigenvalue weighted by Gasteiger charge is 2.23. The molecular weight excluding hydrogens is 414 g/mol. The first-order valence-corrected chi connectivity index (χ1v) is 9.99. The first-order chi connectivity index (χ1) is 15.5. The van der Waals surface area contributed by atoms with Gasteiger partial charge < -0.3 is 20.1 Å². The summed E-state index contributed by atoms with van der Waals surface area (Å²) in [6.07, 6.45) is 2.49. The maximum Gasteiger partial charge on any atom is 0.360 e. The number of carbonyl (C=O) groups is 3. The standard InChI is InChI=1S/C22H21N5O5/c1-31-22(30)17-13-27(26-25-17)18-9-3-2-8-16(18)24-20(28)14-6-4-7-15(12-14)23-21(29)19-10-5-11-32-19/h2-4,6-9,12-13,19H,5,10-11H2,1H3,(H,23,29)(H,24,28)/t19-/m1/s1. The van der Waals surface area contributed by atoms with Gasteiger partial charge in [0.2, 0.25) is 0 Å². The number of esters is 1.